The Hall–Kier alpha value is -4.24. The number of pyridine rings is 2. The third-order valence-electron chi connectivity index (χ3n) is 5.95. The molecule has 35 heavy (non-hydrogen) atoms. The zero-order valence-electron chi connectivity index (χ0n) is 19.0. The molecule has 0 unspecified atom stereocenters. The number of aromatic nitrogens is 3. The van der Waals surface area contributed by atoms with Crippen molar-refractivity contribution in [3.8, 4) is 5.75 Å². The van der Waals surface area contributed by atoms with Gasteiger partial charge in [0, 0.05) is 12.6 Å². The highest BCUT2D eigenvalue weighted by molar-refractivity contribution is 7.91. The highest BCUT2D eigenvalue weighted by Crippen LogP contribution is 2.26. The van der Waals surface area contributed by atoms with Gasteiger partial charge in [0.05, 0.1) is 18.6 Å². The topological polar surface area (TPSA) is 108 Å². The van der Waals surface area contributed by atoms with Crippen LogP contribution >= 0.6 is 0 Å². The molecule has 0 aliphatic carbocycles. The van der Waals surface area contributed by atoms with Crippen LogP contribution in [0, 0.1) is 0 Å². The number of hydrogen-bond acceptors (Lipinski definition) is 6. The molecule has 5 aromatic rings. The summed E-state index contributed by atoms with van der Waals surface area (Å²) in [6.07, 6.45) is 2.15. The second-order valence-electron chi connectivity index (χ2n) is 8.04. The summed E-state index contributed by atoms with van der Waals surface area (Å²) >= 11 is 0. The molecule has 176 valence electrons. The fraction of sp³-hybridized carbons (Fsp3) is 0.115. The van der Waals surface area contributed by atoms with Gasteiger partial charge in [0.1, 0.15) is 16.0 Å². The maximum atomic E-state index is 13.5. The van der Waals surface area contributed by atoms with E-state index in [0.717, 1.165) is 11.3 Å². The molecular weight excluding hydrogens is 464 g/mol. The normalized spacial score (nSPS) is 11.7. The van der Waals surface area contributed by atoms with E-state index in [2.05, 4.69) is 4.98 Å². The van der Waals surface area contributed by atoms with Crippen molar-refractivity contribution >= 4 is 32.3 Å². The molecule has 9 heteroatoms. The second kappa shape index (κ2) is 8.84. The predicted octanol–water partition coefficient (Wildman–Crippen LogP) is 2.80. The molecule has 0 amide bonds. The van der Waals surface area contributed by atoms with Gasteiger partial charge in [-0.15, -0.1) is 0 Å². The summed E-state index contributed by atoms with van der Waals surface area (Å²) in [6, 6.07) is 22.2. The summed E-state index contributed by atoms with van der Waals surface area (Å²) < 4.78 is 35.3. The Balaban J connectivity index is 1.74. The van der Waals surface area contributed by atoms with Crippen LogP contribution in [0.5, 0.6) is 5.75 Å². The van der Waals surface area contributed by atoms with Crippen molar-refractivity contribution in [2.45, 2.75) is 22.8 Å². The minimum Gasteiger partial charge on any atom is -0.497 e. The van der Waals surface area contributed by atoms with Gasteiger partial charge in [0.15, 0.2) is 0 Å². The summed E-state index contributed by atoms with van der Waals surface area (Å²) in [6.45, 7) is 0.322. The number of rotatable bonds is 6. The summed E-state index contributed by atoms with van der Waals surface area (Å²) in [5.41, 5.74) is 7.90. The number of nitrogen functional groups attached to an aromatic ring is 1. The first-order valence-corrected chi connectivity index (χ1v) is 12.4. The molecule has 0 saturated carbocycles. The maximum Gasteiger partial charge on any atom is 0.278 e. The molecule has 2 aromatic carbocycles. The number of benzene rings is 2. The molecule has 0 bridgehead atoms. The number of anilines is 1. The van der Waals surface area contributed by atoms with Crippen LogP contribution in [0.15, 0.2) is 99.6 Å². The van der Waals surface area contributed by atoms with E-state index in [0.29, 0.717) is 24.3 Å². The van der Waals surface area contributed by atoms with E-state index in [-0.39, 0.29) is 26.6 Å². The van der Waals surface area contributed by atoms with Crippen LogP contribution in [0.25, 0.3) is 16.7 Å². The molecule has 3 aromatic heterocycles. The zero-order chi connectivity index (χ0) is 24.6. The Morgan fingerprint density at radius 3 is 2.43 bits per heavy atom. The summed E-state index contributed by atoms with van der Waals surface area (Å²) in [5, 5.41) is 0.173. The summed E-state index contributed by atoms with van der Waals surface area (Å²) in [5.74, 6) is 0.769. The molecule has 0 fully saturated rings. The van der Waals surface area contributed by atoms with Gasteiger partial charge in [-0.1, -0.05) is 41.4 Å². The Labute approximate surface area is 201 Å². The molecule has 0 radical (unpaired) electrons. The van der Waals surface area contributed by atoms with Gasteiger partial charge < -0.3 is 10.5 Å². The van der Waals surface area contributed by atoms with Gasteiger partial charge in [-0.3, -0.25) is 9.20 Å². The van der Waals surface area contributed by atoms with Gasteiger partial charge in [0.25, 0.3) is 11.2 Å². The Kier molecular flexibility index (Phi) is 5.70. The van der Waals surface area contributed by atoms with E-state index in [1.165, 1.54) is 22.6 Å². The van der Waals surface area contributed by atoms with Gasteiger partial charge in [-0.2, -0.15) is 0 Å². The first kappa shape index (κ1) is 22.5. The zero-order valence-corrected chi connectivity index (χ0v) is 19.8. The average Bonchev–Trinajstić information content (AvgIpc) is 2.89. The van der Waals surface area contributed by atoms with Crippen LogP contribution in [0.2, 0.25) is 0 Å². The monoisotopic (exact) mass is 487 g/mol. The molecular formula is C26H23N4O4S+. The molecule has 5 rings (SSSR count). The number of methoxy groups -OCH3 is 1. The van der Waals surface area contributed by atoms with Crippen molar-refractivity contribution in [2.24, 2.45) is 0 Å². The van der Waals surface area contributed by atoms with E-state index < -0.39 is 9.84 Å². The standard InChI is InChI=1S/C26H22N4O4S/c1-34-19-12-10-18(11-13-19)14-16-30-24(27)22(35(32,33)20-7-3-2-4-8-20)17-21-25(30)28-23-9-5-6-15-29(23)26(21)31/h2-13,15,17,27H,14,16H2,1H3/p+1. The van der Waals surface area contributed by atoms with Gasteiger partial charge in [-0.05, 0) is 48.0 Å². The van der Waals surface area contributed by atoms with Gasteiger partial charge >= 0.3 is 0 Å². The van der Waals surface area contributed by atoms with Crippen molar-refractivity contribution in [3.63, 3.8) is 0 Å². The largest absolute Gasteiger partial charge is 0.497 e. The minimum atomic E-state index is -3.98. The lowest BCUT2D eigenvalue weighted by atomic mass is 10.1. The van der Waals surface area contributed by atoms with E-state index in [1.807, 2.05) is 24.3 Å². The molecule has 0 aliphatic rings. The number of fused-ring (bicyclic) bond motifs is 2. The van der Waals surface area contributed by atoms with Crippen molar-refractivity contribution in [3.05, 3.63) is 101 Å². The molecule has 2 N–H and O–H groups in total. The van der Waals surface area contributed by atoms with Crippen molar-refractivity contribution in [1.82, 2.24) is 9.38 Å². The van der Waals surface area contributed by atoms with Crippen molar-refractivity contribution < 1.29 is 17.7 Å². The smallest absolute Gasteiger partial charge is 0.278 e. The maximum absolute atomic E-state index is 13.5. The predicted molar refractivity (Wildman–Crippen MR) is 132 cm³/mol. The Morgan fingerprint density at radius 1 is 1.00 bits per heavy atom. The number of hydrogen-bond donors (Lipinski definition) is 1. The van der Waals surface area contributed by atoms with Crippen molar-refractivity contribution in [2.75, 3.05) is 12.8 Å². The fourth-order valence-electron chi connectivity index (χ4n) is 4.08. The third-order valence-corrected chi connectivity index (χ3v) is 7.75. The third kappa shape index (κ3) is 4.00. The Morgan fingerprint density at radius 2 is 1.71 bits per heavy atom. The number of aryl methyl sites for hydroxylation is 2. The fourth-order valence-corrected chi connectivity index (χ4v) is 5.50. The number of ether oxygens (including phenoxy) is 1. The van der Waals surface area contributed by atoms with Gasteiger partial charge in [-0.25, -0.2) is 13.0 Å². The van der Waals surface area contributed by atoms with Crippen LogP contribution in [0.3, 0.4) is 0 Å². The van der Waals surface area contributed by atoms with E-state index >= 15 is 0 Å². The quantitative estimate of drug-likeness (QED) is 0.292. The lowest BCUT2D eigenvalue weighted by Gasteiger charge is -2.13. The minimum absolute atomic E-state index is 0.0297. The number of nitrogens with zero attached hydrogens (tertiary/aromatic N) is 3. The molecule has 8 nitrogen and oxygen atoms in total. The molecule has 0 atom stereocenters. The van der Waals surface area contributed by atoms with Crippen LogP contribution in [0.4, 0.5) is 5.82 Å². The lowest BCUT2D eigenvalue weighted by molar-refractivity contribution is -0.659. The van der Waals surface area contributed by atoms with Gasteiger partial charge in [0.2, 0.25) is 21.3 Å². The summed E-state index contributed by atoms with van der Waals surface area (Å²) in [4.78, 5) is 18.0. The molecule has 0 spiro atoms. The Bertz CT molecular complexity index is 1710. The van der Waals surface area contributed by atoms with Crippen LogP contribution < -0.4 is 20.6 Å². The lowest BCUT2D eigenvalue weighted by Crippen LogP contribution is -2.42. The van der Waals surface area contributed by atoms with Crippen LogP contribution in [-0.2, 0) is 22.8 Å². The van der Waals surface area contributed by atoms with Crippen LogP contribution in [0.1, 0.15) is 5.56 Å². The van der Waals surface area contributed by atoms with Crippen LogP contribution in [-0.4, -0.2) is 24.9 Å². The van der Waals surface area contributed by atoms with E-state index in [9.17, 15) is 13.2 Å². The SMILES string of the molecule is COc1ccc(CC[n+]2c(N)c(S(=O)(=O)c3ccccc3)cc3c(=O)n4ccccc4nc32)cc1. The highest BCUT2D eigenvalue weighted by Gasteiger charge is 2.29. The highest BCUT2D eigenvalue weighted by atomic mass is 32.2. The first-order chi connectivity index (χ1) is 16.9. The number of nitrogens with two attached hydrogens (primary N) is 1. The summed E-state index contributed by atoms with van der Waals surface area (Å²) in [7, 11) is -2.38. The first-order valence-electron chi connectivity index (χ1n) is 11.0. The van der Waals surface area contributed by atoms with Crippen molar-refractivity contribution in [1.29, 1.82) is 0 Å². The molecule has 0 saturated heterocycles. The molecule has 3 heterocycles. The second-order valence-corrected chi connectivity index (χ2v) is 9.96. The molecule has 0 aliphatic heterocycles. The van der Waals surface area contributed by atoms with E-state index in [4.69, 9.17) is 10.5 Å². The average molecular weight is 488 g/mol. The van der Waals surface area contributed by atoms with E-state index in [1.54, 1.807) is 54.3 Å². The number of sulfone groups is 1.